The number of esters is 1. The van der Waals surface area contributed by atoms with Crippen molar-refractivity contribution in [2.24, 2.45) is 0 Å². The minimum atomic E-state index is -4.49. The summed E-state index contributed by atoms with van der Waals surface area (Å²) in [5, 5.41) is 0.318. The molecule has 0 saturated carbocycles. The monoisotopic (exact) mass is 589 g/mol. The number of ether oxygens (including phenoxy) is 2. The van der Waals surface area contributed by atoms with Crippen molar-refractivity contribution in [1.82, 2.24) is 4.98 Å². The molecule has 3 rings (SSSR count). The van der Waals surface area contributed by atoms with Gasteiger partial charge in [0.15, 0.2) is 11.4 Å². The molecule has 0 aliphatic heterocycles. The lowest BCUT2D eigenvalue weighted by Gasteiger charge is -2.25. The molecule has 0 N–H and O–H groups in total. The summed E-state index contributed by atoms with van der Waals surface area (Å²) in [6.45, 7) is 9.11. The summed E-state index contributed by atoms with van der Waals surface area (Å²) in [5.74, 6) is -0.226. The molecule has 41 heavy (non-hydrogen) atoms. The van der Waals surface area contributed by atoms with E-state index in [4.69, 9.17) is 9.47 Å². The summed E-state index contributed by atoms with van der Waals surface area (Å²) >= 11 is 1.23. The van der Waals surface area contributed by atoms with Gasteiger partial charge in [0.1, 0.15) is 10.8 Å². The molecule has 2 aromatic carbocycles. The van der Waals surface area contributed by atoms with Crippen LogP contribution >= 0.6 is 11.3 Å². The average molecular weight is 590 g/mol. The zero-order chi connectivity index (χ0) is 30.2. The number of hydrogen-bond acceptors (Lipinski definition) is 6. The number of unbranched alkanes of at least 4 members (excludes halogenated alkanes) is 3. The smallest absolute Gasteiger partial charge is 0.417 e. The van der Waals surface area contributed by atoms with Gasteiger partial charge in [-0.15, -0.1) is 11.3 Å². The molecule has 0 radical (unpaired) electrons. The number of thiazole rings is 1. The Morgan fingerprint density at radius 3 is 2.39 bits per heavy atom. The van der Waals surface area contributed by atoms with E-state index in [-0.39, 0.29) is 24.4 Å². The molecule has 0 amide bonds. The molecule has 0 unspecified atom stereocenters. The van der Waals surface area contributed by atoms with Crippen LogP contribution in [0.3, 0.4) is 0 Å². The van der Waals surface area contributed by atoms with Gasteiger partial charge in [-0.3, -0.25) is 4.79 Å². The molecular formula is C32H38F3NO4S. The maximum Gasteiger partial charge on any atom is 0.417 e. The number of carbonyl (C=O) groups is 2. The van der Waals surface area contributed by atoms with E-state index >= 15 is 0 Å². The zero-order valence-corrected chi connectivity index (χ0v) is 25.1. The Labute approximate surface area is 244 Å². The number of hydrogen-bond donors (Lipinski definition) is 0. The third-order valence-electron chi connectivity index (χ3n) is 6.73. The fraction of sp³-hybridized carbons (Fsp3) is 0.469. The standard InChI is InChI=1S/C32H38F3NO4S/c1-6-8-9-10-15-25-28(41-29(36-25)23-13-11-12-14-24(23)32(33,34)35)19-18-26(37)22-17-16-21(3)27(20-22)40-31(4,5)30(38)39-7-2/h11-14,16-17,20H,6-10,15,18-19H2,1-5H3. The van der Waals surface area contributed by atoms with Crippen molar-refractivity contribution >= 4 is 23.1 Å². The maximum absolute atomic E-state index is 13.7. The van der Waals surface area contributed by atoms with Crippen LogP contribution in [0, 0.1) is 6.92 Å². The summed E-state index contributed by atoms with van der Waals surface area (Å²) in [5.41, 5.74) is 0.0651. The summed E-state index contributed by atoms with van der Waals surface area (Å²) in [6.07, 6.45) is 0.726. The molecule has 0 atom stereocenters. The number of carbonyl (C=O) groups excluding carboxylic acids is 2. The third-order valence-corrected chi connectivity index (χ3v) is 7.92. The van der Waals surface area contributed by atoms with E-state index in [1.54, 1.807) is 45.0 Å². The van der Waals surface area contributed by atoms with E-state index in [9.17, 15) is 22.8 Å². The van der Waals surface area contributed by atoms with Crippen LogP contribution in [-0.4, -0.2) is 28.9 Å². The summed E-state index contributed by atoms with van der Waals surface area (Å²) < 4.78 is 52.2. The molecule has 222 valence electrons. The van der Waals surface area contributed by atoms with Crippen LogP contribution in [0.4, 0.5) is 13.2 Å². The van der Waals surface area contributed by atoms with Gasteiger partial charge in [-0.25, -0.2) is 9.78 Å². The Morgan fingerprint density at radius 2 is 1.71 bits per heavy atom. The van der Waals surface area contributed by atoms with Crippen LogP contribution < -0.4 is 4.74 Å². The SMILES string of the molecule is CCCCCCc1nc(-c2ccccc2C(F)(F)F)sc1CCC(=O)c1ccc(C)c(OC(C)(C)C(=O)OCC)c1. The van der Waals surface area contributed by atoms with Gasteiger partial charge in [-0.2, -0.15) is 13.2 Å². The number of benzene rings is 2. The third kappa shape index (κ3) is 8.64. The van der Waals surface area contributed by atoms with Gasteiger partial charge >= 0.3 is 12.1 Å². The van der Waals surface area contributed by atoms with Crippen LogP contribution in [-0.2, 0) is 28.5 Å². The van der Waals surface area contributed by atoms with Crippen molar-refractivity contribution in [2.75, 3.05) is 6.61 Å². The highest BCUT2D eigenvalue weighted by molar-refractivity contribution is 7.15. The van der Waals surface area contributed by atoms with Crippen molar-refractivity contribution in [1.29, 1.82) is 0 Å². The van der Waals surface area contributed by atoms with E-state index in [1.165, 1.54) is 23.5 Å². The average Bonchev–Trinajstić information content (AvgIpc) is 3.33. The molecule has 0 spiro atoms. The number of ketones is 1. The lowest BCUT2D eigenvalue weighted by molar-refractivity contribution is -0.158. The Hall–Kier alpha value is -3.20. The number of aromatic nitrogens is 1. The second kappa shape index (κ2) is 14.1. The minimum Gasteiger partial charge on any atom is -0.476 e. The van der Waals surface area contributed by atoms with E-state index in [0.29, 0.717) is 29.2 Å². The molecule has 0 fully saturated rings. The molecule has 0 bridgehead atoms. The first kappa shape index (κ1) is 32.3. The van der Waals surface area contributed by atoms with Crippen LogP contribution in [0.1, 0.15) is 91.9 Å². The van der Waals surface area contributed by atoms with E-state index < -0.39 is 23.3 Å². The molecule has 9 heteroatoms. The highest BCUT2D eigenvalue weighted by Crippen LogP contribution is 2.39. The number of aryl methyl sites for hydroxylation is 3. The van der Waals surface area contributed by atoms with E-state index in [1.807, 2.05) is 6.92 Å². The molecule has 0 saturated heterocycles. The second-order valence-electron chi connectivity index (χ2n) is 10.5. The zero-order valence-electron chi connectivity index (χ0n) is 24.3. The quantitative estimate of drug-likeness (QED) is 0.107. The number of halogens is 3. The van der Waals surface area contributed by atoms with Gasteiger partial charge in [0.05, 0.1) is 17.9 Å². The largest absolute Gasteiger partial charge is 0.476 e. The fourth-order valence-corrected chi connectivity index (χ4v) is 5.55. The molecule has 1 aromatic heterocycles. The first-order chi connectivity index (χ1) is 19.4. The Kier molecular flexibility index (Phi) is 11.1. The minimum absolute atomic E-state index is 0.0573. The lowest BCUT2D eigenvalue weighted by Crippen LogP contribution is -2.40. The van der Waals surface area contributed by atoms with Crippen molar-refractivity contribution < 1.29 is 32.2 Å². The van der Waals surface area contributed by atoms with Gasteiger partial charge in [-0.1, -0.05) is 56.5 Å². The van der Waals surface area contributed by atoms with Gasteiger partial charge in [0, 0.05) is 22.4 Å². The first-order valence-corrected chi connectivity index (χ1v) is 14.8. The predicted octanol–water partition coefficient (Wildman–Crippen LogP) is 8.80. The van der Waals surface area contributed by atoms with E-state index in [0.717, 1.165) is 47.9 Å². The van der Waals surface area contributed by atoms with Crippen molar-refractivity contribution in [2.45, 2.75) is 91.3 Å². The molecule has 0 aliphatic carbocycles. The fourth-order valence-electron chi connectivity index (χ4n) is 4.40. The number of alkyl halides is 3. The van der Waals surface area contributed by atoms with Crippen LogP contribution in [0.15, 0.2) is 42.5 Å². The first-order valence-electron chi connectivity index (χ1n) is 14.0. The van der Waals surface area contributed by atoms with Crippen LogP contribution in [0.25, 0.3) is 10.6 Å². The van der Waals surface area contributed by atoms with Crippen LogP contribution in [0.5, 0.6) is 5.75 Å². The number of Topliss-reactive ketones (excluding diaryl/α,β-unsaturated/α-hetero) is 1. The summed E-state index contributed by atoms with van der Waals surface area (Å²) in [6, 6.07) is 10.6. The molecule has 5 nitrogen and oxygen atoms in total. The number of nitrogens with zero attached hydrogens (tertiary/aromatic N) is 1. The molecule has 0 aliphatic rings. The van der Waals surface area contributed by atoms with Crippen LogP contribution in [0.2, 0.25) is 0 Å². The Balaban J connectivity index is 1.83. The van der Waals surface area contributed by atoms with Gasteiger partial charge in [0.2, 0.25) is 0 Å². The summed E-state index contributed by atoms with van der Waals surface area (Å²) in [4.78, 5) is 31.0. The lowest BCUT2D eigenvalue weighted by atomic mass is 10.0. The second-order valence-corrected chi connectivity index (χ2v) is 11.6. The highest BCUT2D eigenvalue weighted by atomic mass is 32.1. The van der Waals surface area contributed by atoms with Gasteiger partial charge in [0.25, 0.3) is 0 Å². The van der Waals surface area contributed by atoms with E-state index in [2.05, 4.69) is 11.9 Å². The van der Waals surface area contributed by atoms with Gasteiger partial charge in [-0.05, 0) is 64.7 Å². The normalized spacial score (nSPS) is 11.9. The Bertz CT molecular complexity index is 1350. The van der Waals surface area contributed by atoms with Crippen molar-refractivity contribution in [3.05, 3.63) is 69.7 Å². The predicted molar refractivity (Wildman–Crippen MR) is 156 cm³/mol. The Morgan fingerprint density at radius 1 is 0.976 bits per heavy atom. The van der Waals surface area contributed by atoms with Gasteiger partial charge < -0.3 is 9.47 Å². The highest BCUT2D eigenvalue weighted by Gasteiger charge is 2.34. The summed E-state index contributed by atoms with van der Waals surface area (Å²) in [7, 11) is 0. The van der Waals surface area contributed by atoms with Crippen molar-refractivity contribution in [3.63, 3.8) is 0 Å². The maximum atomic E-state index is 13.7. The topological polar surface area (TPSA) is 65.5 Å². The number of rotatable bonds is 14. The molecule has 3 aromatic rings. The molecule has 1 heterocycles. The molecular weight excluding hydrogens is 551 g/mol. The van der Waals surface area contributed by atoms with Crippen molar-refractivity contribution in [3.8, 4) is 16.3 Å².